The monoisotopic (exact) mass is 254 g/mol. The van der Waals surface area contributed by atoms with Gasteiger partial charge in [-0.25, -0.2) is 0 Å². The van der Waals surface area contributed by atoms with E-state index in [-0.39, 0.29) is 0 Å². The number of rotatable bonds is 6. The van der Waals surface area contributed by atoms with E-state index in [2.05, 4.69) is 31.0 Å². The van der Waals surface area contributed by atoms with Gasteiger partial charge < -0.3 is 10.1 Å². The van der Waals surface area contributed by atoms with E-state index in [1.54, 1.807) is 0 Å². The van der Waals surface area contributed by atoms with Crippen LogP contribution in [0.4, 0.5) is 0 Å². The van der Waals surface area contributed by atoms with Gasteiger partial charge in [0, 0.05) is 37.8 Å². The molecule has 18 heavy (non-hydrogen) atoms. The Hall–Kier alpha value is -0.120. The van der Waals surface area contributed by atoms with Crippen molar-refractivity contribution in [1.82, 2.24) is 10.2 Å². The van der Waals surface area contributed by atoms with Gasteiger partial charge in [-0.05, 0) is 32.6 Å². The average molecular weight is 254 g/mol. The van der Waals surface area contributed by atoms with Gasteiger partial charge in [0.15, 0.2) is 0 Å². The molecule has 2 aliphatic rings. The zero-order chi connectivity index (χ0) is 13.0. The molecule has 3 nitrogen and oxygen atoms in total. The zero-order valence-electron chi connectivity index (χ0n) is 12.3. The highest BCUT2D eigenvalue weighted by Crippen LogP contribution is 2.31. The van der Waals surface area contributed by atoms with Gasteiger partial charge in [-0.15, -0.1) is 0 Å². The molecular formula is C15H30N2O. The van der Waals surface area contributed by atoms with Gasteiger partial charge >= 0.3 is 0 Å². The lowest BCUT2D eigenvalue weighted by molar-refractivity contribution is -0.0672. The van der Waals surface area contributed by atoms with Crippen LogP contribution < -0.4 is 5.32 Å². The first-order chi connectivity index (χ1) is 8.78. The lowest BCUT2D eigenvalue weighted by Crippen LogP contribution is -2.62. The molecule has 3 heteroatoms. The van der Waals surface area contributed by atoms with Gasteiger partial charge in [-0.3, -0.25) is 4.90 Å². The van der Waals surface area contributed by atoms with Crippen LogP contribution >= 0.6 is 0 Å². The molecule has 1 N–H and O–H groups in total. The van der Waals surface area contributed by atoms with Crippen LogP contribution in [0.15, 0.2) is 0 Å². The summed E-state index contributed by atoms with van der Waals surface area (Å²) in [6, 6.07) is 2.24. The number of ether oxygens (including phenoxy) is 1. The largest absolute Gasteiger partial charge is 0.378 e. The van der Waals surface area contributed by atoms with E-state index in [1.807, 2.05) is 0 Å². The lowest BCUT2D eigenvalue weighted by Gasteiger charge is -2.50. The molecule has 1 heterocycles. The van der Waals surface area contributed by atoms with E-state index >= 15 is 0 Å². The van der Waals surface area contributed by atoms with Gasteiger partial charge in [0.05, 0.1) is 6.10 Å². The van der Waals surface area contributed by atoms with Crippen molar-refractivity contribution in [2.45, 2.75) is 77.1 Å². The molecule has 2 atom stereocenters. The molecule has 1 aliphatic carbocycles. The minimum Gasteiger partial charge on any atom is -0.378 e. The summed E-state index contributed by atoms with van der Waals surface area (Å²) in [6.45, 7) is 10.00. The zero-order valence-corrected chi connectivity index (χ0v) is 12.3. The minimum atomic E-state index is 0.539. The molecule has 1 aliphatic heterocycles. The average Bonchev–Trinajstić information content (AvgIpc) is 2.34. The van der Waals surface area contributed by atoms with Gasteiger partial charge in [0.25, 0.3) is 0 Å². The fourth-order valence-electron chi connectivity index (χ4n) is 3.44. The van der Waals surface area contributed by atoms with Crippen molar-refractivity contribution in [1.29, 1.82) is 0 Å². The molecule has 1 saturated heterocycles. The van der Waals surface area contributed by atoms with E-state index in [1.165, 1.54) is 45.2 Å². The number of piperazine rings is 1. The minimum absolute atomic E-state index is 0.539. The van der Waals surface area contributed by atoms with Gasteiger partial charge in [-0.2, -0.15) is 0 Å². The predicted molar refractivity (Wildman–Crippen MR) is 75.9 cm³/mol. The summed E-state index contributed by atoms with van der Waals surface area (Å²) in [5.41, 5.74) is 0. The Kier molecular flexibility index (Phi) is 5.46. The maximum atomic E-state index is 5.70. The third-order valence-electron chi connectivity index (χ3n) is 4.59. The van der Waals surface area contributed by atoms with E-state index in [4.69, 9.17) is 4.74 Å². The molecule has 0 aromatic heterocycles. The number of nitrogens with one attached hydrogen (secondary N) is 1. The molecule has 2 rings (SSSR count). The van der Waals surface area contributed by atoms with Crippen molar-refractivity contribution in [3.05, 3.63) is 0 Å². The highest BCUT2D eigenvalue weighted by atomic mass is 16.5. The molecule has 0 amide bonds. The second-order valence-corrected chi connectivity index (χ2v) is 5.86. The Morgan fingerprint density at radius 2 is 2.00 bits per heavy atom. The highest BCUT2D eigenvalue weighted by molar-refractivity contribution is 4.95. The Morgan fingerprint density at radius 1 is 1.22 bits per heavy atom. The van der Waals surface area contributed by atoms with Crippen LogP contribution in [0, 0.1) is 0 Å². The van der Waals surface area contributed by atoms with Gasteiger partial charge in [0.1, 0.15) is 0 Å². The van der Waals surface area contributed by atoms with Gasteiger partial charge in [-0.1, -0.05) is 20.3 Å². The molecule has 106 valence electrons. The van der Waals surface area contributed by atoms with Crippen LogP contribution in [-0.4, -0.2) is 48.8 Å². The smallest absolute Gasteiger partial charge is 0.0604 e. The third-order valence-corrected chi connectivity index (χ3v) is 4.59. The summed E-state index contributed by atoms with van der Waals surface area (Å²) in [5.74, 6) is 0. The molecule has 0 bridgehead atoms. The Labute approximate surface area is 112 Å². The summed E-state index contributed by atoms with van der Waals surface area (Å²) in [4.78, 5) is 2.77. The lowest BCUT2D eigenvalue weighted by atomic mass is 9.85. The molecule has 0 spiro atoms. The highest BCUT2D eigenvalue weighted by Gasteiger charge is 2.39. The van der Waals surface area contributed by atoms with Crippen LogP contribution in [0.2, 0.25) is 0 Å². The molecule has 0 radical (unpaired) electrons. The van der Waals surface area contributed by atoms with Crippen LogP contribution in [0.25, 0.3) is 0 Å². The summed E-state index contributed by atoms with van der Waals surface area (Å²) in [6.07, 6.45) is 6.91. The number of hydrogen-bond acceptors (Lipinski definition) is 3. The molecule has 2 unspecified atom stereocenters. The summed E-state index contributed by atoms with van der Waals surface area (Å²) < 4.78 is 5.70. The summed E-state index contributed by atoms with van der Waals surface area (Å²) in [5, 5.41) is 3.72. The van der Waals surface area contributed by atoms with Crippen molar-refractivity contribution in [3.63, 3.8) is 0 Å². The molecule has 2 fully saturated rings. The molecule has 0 aromatic carbocycles. The maximum Gasteiger partial charge on any atom is 0.0604 e. The van der Waals surface area contributed by atoms with Crippen molar-refractivity contribution < 1.29 is 4.74 Å². The second-order valence-electron chi connectivity index (χ2n) is 5.86. The third kappa shape index (κ3) is 3.25. The number of nitrogens with zero attached hydrogens (tertiary/aromatic N) is 1. The fraction of sp³-hybridized carbons (Fsp3) is 1.00. The van der Waals surface area contributed by atoms with Crippen molar-refractivity contribution in [2.75, 3.05) is 19.7 Å². The molecule has 0 aromatic rings. The first kappa shape index (κ1) is 14.3. The van der Waals surface area contributed by atoms with Crippen molar-refractivity contribution in [2.24, 2.45) is 0 Å². The van der Waals surface area contributed by atoms with E-state index < -0.39 is 0 Å². The molecular weight excluding hydrogens is 224 g/mol. The first-order valence-electron chi connectivity index (χ1n) is 7.89. The quantitative estimate of drug-likeness (QED) is 0.788. The molecule has 1 saturated carbocycles. The predicted octanol–water partition coefficient (Wildman–Crippen LogP) is 2.41. The second kappa shape index (κ2) is 6.88. The standard InChI is InChI=1S/C15H30N2O/c1-4-7-12-11-17(13(5-2)10-16-12)14-8-15(9-14)18-6-3/h12-16H,4-11H2,1-3H3. The van der Waals surface area contributed by atoms with Crippen LogP contribution in [-0.2, 0) is 4.74 Å². The van der Waals surface area contributed by atoms with E-state index in [0.717, 1.165) is 18.7 Å². The van der Waals surface area contributed by atoms with Crippen molar-refractivity contribution >= 4 is 0 Å². The van der Waals surface area contributed by atoms with Crippen LogP contribution in [0.5, 0.6) is 0 Å². The van der Waals surface area contributed by atoms with Crippen molar-refractivity contribution in [3.8, 4) is 0 Å². The first-order valence-corrected chi connectivity index (χ1v) is 7.89. The normalized spacial score (nSPS) is 37.5. The SMILES string of the molecule is CCCC1CN(C2CC(OCC)C2)C(CC)CN1. The Balaban J connectivity index is 1.83. The van der Waals surface area contributed by atoms with Gasteiger partial charge in [0.2, 0.25) is 0 Å². The van der Waals surface area contributed by atoms with E-state index in [0.29, 0.717) is 12.1 Å². The fourth-order valence-corrected chi connectivity index (χ4v) is 3.44. The van der Waals surface area contributed by atoms with E-state index in [9.17, 15) is 0 Å². The summed E-state index contributed by atoms with van der Waals surface area (Å²) >= 11 is 0. The van der Waals surface area contributed by atoms with Crippen LogP contribution in [0.1, 0.15) is 52.9 Å². The topological polar surface area (TPSA) is 24.5 Å². The van der Waals surface area contributed by atoms with Crippen LogP contribution in [0.3, 0.4) is 0 Å². The maximum absolute atomic E-state index is 5.70. The summed E-state index contributed by atoms with van der Waals surface area (Å²) in [7, 11) is 0. The Morgan fingerprint density at radius 3 is 2.61 bits per heavy atom. The number of hydrogen-bond donors (Lipinski definition) is 1. The Bertz CT molecular complexity index is 241.